The van der Waals surface area contributed by atoms with Crippen LogP contribution in [0, 0.1) is 11.8 Å². The molecule has 0 aromatic heterocycles. The average molecular weight is 321 g/mol. The molecule has 3 heteroatoms. The van der Waals surface area contributed by atoms with E-state index >= 15 is 0 Å². The van der Waals surface area contributed by atoms with E-state index in [1.807, 2.05) is 54.6 Å². The van der Waals surface area contributed by atoms with Gasteiger partial charge in [-0.25, -0.2) is 0 Å². The molecule has 2 aromatic carbocycles. The summed E-state index contributed by atoms with van der Waals surface area (Å²) in [5.41, 5.74) is 2.27. The molecule has 0 aliphatic carbocycles. The SMILES string of the molecule is CC(C)(C)c1ccc(OCC(=O)NCC#Cc2ccccc2)cc1. The van der Waals surface area contributed by atoms with Gasteiger partial charge in [-0.05, 0) is 35.2 Å². The van der Waals surface area contributed by atoms with Crippen LogP contribution in [0.25, 0.3) is 0 Å². The van der Waals surface area contributed by atoms with Gasteiger partial charge >= 0.3 is 0 Å². The van der Waals surface area contributed by atoms with Gasteiger partial charge in [-0.1, -0.05) is 62.9 Å². The first-order chi connectivity index (χ1) is 11.4. The number of rotatable bonds is 4. The van der Waals surface area contributed by atoms with Gasteiger partial charge in [-0.3, -0.25) is 4.79 Å². The summed E-state index contributed by atoms with van der Waals surface area (Å²) in [5.74, 6) is 6.41. The lowest BCUT2D eigenvalue weighted by atomic mass is 9.87. The van der Waals surface area contributed by atoms with E-state index in [4.69, 9.17) is 4.74 Å². The Bertz CT molecular complexity index is 716. The standard InChI is InChI=1S/C21H23NO2/c1-21(2,3)18-11-13-19(14-12-18)24-16-20(23)22-15-7-10-17-8-5-4-6-9-17/h4-6,8-9,11-14H,15-16H2,1-3H3,(H,22,23). The summed E-state index contributed by atoms with van der Waals surface area (Å²) in [6.07, 6.45) is 0. The molecule has 3 nitrogen and oxygen atoms in total. The number of benzene rings is 2. The molecular weight excluding hydrogens is 298 g/mol. The maximum atomic E-state index is 11.8. The van der Waals surface area contributed by atoms with Crippen LogP contribution in [0.3, 0.4) is 0 Å². The van der Waals surface area contributed by atoms with Crippen LogP contribution < -0.4 is 10.1 Å². The summed E-state index contributed by atoms with van der Waals surface area (Å²) in [6, 6.07) is 17.5. The smallest absolute Gasteiger partial charge is 0.258 e. The maximum Gasteiger partial charge on any atom is 0.258 e. The Morgan fingerprint density at radius 3 is 2.33 bits per heavy atom. The monoisotopic (exact) mass is 321 g/mol. The molecule has 0 saturated carbocycles. The second-order valence-corrected chi connectivity index (χ2v) is 6.51. The third kappa shape index (κ3) is 5.81. The molecule has 0 bridgehead atoms. The number of amides is 1. The van der Waals surface area contributed by atoms with Gasteiger partial charge in [0.2, 0.25) is 0 Å². The van der Waals surface area contributed by atoms with Gasteiger partial charge in [0.15, 0.2) is 6.61 Å². The van der Waals surface area contributed by atoms with E-state index in [1.165, 1.54) is 5.56 Å². The third-order valence-corrected chi connectivity index (χ3v) is 3.47. The van der Waals surface area contributed by atoms with Gasteiger partial charge in [0.25, 0.3) is 5.91 Å². The quantitative estimate of drug-likeness (QED) is 0.875. The largest absolute Gasteiger partial charge is 0.484 e. The van der Waals surface area contributed by atoms with E-state index in [1.54, 1.807) is 0 Å². The van der Waals surface area contributed by atoms with Gasteiger partial charge in [0, 0.05) is 5.56 Å². The first-order valence-corrected chi connectivity index (χ1v) is 7.99. The lowest BCUT2D eigenvalue weighted by Gasteiger charge is -2.19. The molecule has 2 rings (SSSR count). The Balaban J connectivity index is 1.74. The minimum Gasteiger partial charge on any atom is -0.484 e. The molecule has 0 aliphatic heterocycles. The van der Waals surface area contributed by atoms with Crippen molar-refractivity contribution in [1.82, 2.24) is 5.32 Å². The van der Waals surface area contributed by atoms with Gasteiger partial charge in [0.1, 0.15) is 5.75 Å². The van der Waals surface area contributed by atoms with Crippen LogP contribution >= 0.6 is 0 Å². The molecular formula is C21H23NO2. The van der Waals surface area contributed by atoms with Crippen molar-refractivity contribution in [3.8, 4) is 17.6 Å². The van der Waals surface area contributed by atoms with Gasteiger partial charge < -0.3 is 10.1 Å². The molecule has 0 spiro atoms. The van der Waals surface area contributed by atoms with Gasteiger partial charge in [-0.2, -0.15) is 0 Å². The highest BCUT2D eigenvalue weighted by atomic mass is 16.5. The second kappa shape index (κ2) is 8.21. The summed E-state index contributed by atoms with van der Waals surface area (Å²) in [6.45, 7) is 6.77. The van der Waals surface area contributed by atoms with E-state index in [0.717, 1.165) is 5.56 Å². The highest BCUT2D eigenvalue weighted by molar-refractivity contribution is 5.77. The molecule has 0 radical (unpaired) electrons. The van der Waals surface area contributed by atoms with E-state index < -0.39 is 0 Å². The Morgan fingerprint density at radius 1 is 1.04 bits per heavy atom. The second-order valence-electron chi connectivity index (χ2n) is 6.51. The van der Waals surface area contributed by atoms with Crippen molar-refractivity contribution in [1.29, 1.82) is 0 Å². The molecule has 0 atom stereocenters. The lowest BCUT2D eigenvalue weighted by molar-refractivity contribution is -0.122. The number of hydrogen-bond acceptors (Lipinski definition) is 2. The number of nitrogens with one attached hydrogen (secondary N) is 1. The van der Waals surface area contributed by atoms with Crippen LogP contribution in [0.5, 0.6) is 5.75 Å². The van der Waals surface area contributed by atoms with Crippen molar-refractivity contribution in [3.05, 3.63) is 65.7 Å². The Hall–Kier alpha value is -2.73. The zero-order valence-corrected chi connectivity index (χ0v) is 14.4. The van der Waals surface area contributed by atoms with Crippen LogP contribution in [0.4, 0.5) is 0 Å². The fourth-order valence-electron chi connectivity index (χ4n) is 2.06. The predicted octanol–water partition coefficient (Wildman–Crippen LogP) is 3.53. The van der Waals surface area contributed by atoms with Crippen molar-refractivity contribution < 1.29 is 9.53 Å². The van der Waals surface area contributed by atoms with Crippen LogP contribution in [0.2, 0.25) is 0 Å². The summed E-state index contributed by atoms with van der Waals surface area (Å²) >= 11 is 0. The van der Waals surface area contributed by atoms with Gasteiger partial charge in [-0.15, -0.1) is 0 Å². The molecule has 0 unspecified atom stereocenters. The summed E-state index contributed by atoms with van der Waals surface area (Å²) in [7, 11) is 0. The zero-order valence-electron chi connectivity index (χ0n) is 14.4. The number of hydrogen-bond donors (Lipinski definition) is 1. The molecule has 0 fully saturated rings. The van der Waals surface area contributed by atoms with E-state index in [2.05, 4.69) is 37.9 Å². The number of ether oxygens (including phenoxy) is 1. The van der Waals surface area contributed by atoms with E-state index in [0.29, 0.717) is 12.3 Å². The first-order valence-electron chi connectivity index (χ1n) is 7.99. The molecule has 124 valence electrons. The molecule has 0 aliphatic rings. The van der Waals surface area contributed by atoms with Crippen LogP contribution in [-0.2, 0) is 10.2 Å². The predicted molar refractivity (Wildman–Crippen MR) is 97.0 cm³/mol. The van der Waals surface area contributed by atoms with Crippen LogP contribution in [0.15, 0.2) is 54.6 Å². The Labute approximate surface area is 144 Å². The van der Waals surface area contributed by atoms with E-state index in [9.17, 15) is 4.79 Å². The fourth-order valence-corrected chi connectivity index (χ4v) is 2.06. The fraction of sp³-hybridized carbons (Fsp3) is 0.286. The molecule has 1 N–H and O–H groups in total. The topological polar surface area (TPSA) is 38.3 Å². The van der Waals surface area contributed by atoms with E-state index in [-0.39, 0.29) is 17.9 Å². The molecule has 1 amide bonds. The van der Waals surface area contributed by atoms with Crippen molar-refractivity contribution in [2.24, 2.45) is 0 Å². The minimum absolute atomic E-state index is 0.0120. The molecule has 24 heavy (non-hydrogen) atoms. The van der Waals surface area contributed by atoms with Crippen molar-refractivity contribution in [2.75, 3.05) is 13.2 Å². The normalized spacial score (nSPS) is 10.5. The highest BCUT2D eigenvalue weighted by Crippen LogP contribution is 2.24. The van der Waals surface area contributed by atoms with Crippen molar-refractivity contribution in [3.63, 3.8) is 0 Å². The molecule has 0 heterocycles. The Kier molecular flexibility index (Phi) is 6.03. The van der Waals surface area contributed by atoms with Crippen LogP contribution in [0.1, 0.15) is 31.9 Å². The maximum absolute atomic E-state index is 11.8. The highest BCUT2D eigenvalue weighted by Gasteiger charge is 2.13. The minimum atomic E-state index is -0.183. The number of carbonyl (C=O) groups excluding carboxylic acids is 1. The third-order valence-electron chi connectivity index (χ3n) is 3.47. The summed E-state index contributed by atoms with van der Waals surface area (Å²) in [4.78, 5) is 11.8. The summed E-state index contributed by atoms with van der Waals surface area (Å²) < 4.78 is 5.49. The average Bonchev–Trinajstić information content (AvgIpc) is 2.57. The zero-order chi connectivity index (χ0) is 17.4. The lowest BCUT2D eigenvalue weighted by Crippen LogP contribution is -2.29. The van der Waals surface area contributed by atoms with Crippen LogP contribution in [-0.4, -0.2) is 19.1 Å². The number of carbonyl (C=O) groups is 1. The first kappa shape index (κ1) is 17.6. The molecule has 0 saturated heterocycles. The van der Waals surface area contributed by atoms with Crippen molar-refractivity contribution >= 4 is 5.91 Å². The molecule has 2 aromatic rings. The van der Waals surface area contributed by atoms with Gasteiger partial charge in [0.05, 0.1) is 6.54 Å². The van der Waals surface area contributed by atoms with Crippen molar-refractivity contribution in [2.45, 2.75) is 26.2 Å². The summed E-state index contributed by atoms with van der Waals surface area (Å²) in [5, 5.41) is 2.72. The Morgan fingerprint density at radius 2 is 1.71 bits per heavy atom.